The molecule has 26 heavy (non-hydrogen) atoms. The molecule has 1 aromatic carbocycles. The minimum absolute atomic E-state index is 0.0504. The molecule has 2 heterocycles. The van der Waals surface area contributed by atoms with E-state index in [9.17, 15) is 4.79 Å². The molecule has 0 unspecified atom stereocenters. The molecule has 1 amide bonds. The van der Waals surface area contributed by atoms with Gasteiger partial charge in [-0.05, 0) is 50.5 Å². The quantitative estimate of drug-likeness (QED) is 0.687. The van der Waals surface area contributed by atoms with Crippen molar-refractivity contribution in [2.24, 2.45) is 0 Å². The summed E-state index contributed by atoms with van der Waals surface area (Å²) in [6, 6.07) is 18.9. The van der Waals surface area contributed by atoms with Crippen molar-refractivity contribution in [2.75, 3.05) is 32.1 Å². The van der Waals surface area contributed by atoms with E-state index < -0.39 is 0 Å². The second-order valence-electron chi connectivity index (χ2n) is 6.25. The van der Waals surface area contributed by atoms with Crippen LogP contribution in [0.5, 0.6) is 0 Å². The Morgan fingerprint density at radius 1 is 0.885 bits per heavy atom. The highest BCUT2D eigenvalue weighted by Crippen LogP contribution is 2.20. The van der Waals surface area contributed by atoms with Crippen LogP contribution in [-0.4, -0.2) is 48.0 Å². The van der Waals surface area contributed by atoms with Gasteiger partial charge in [-0.1, -0.05) is 24.3 Å². The van der Waals surface area contributed by atoms with Crippen LogP contribution < -0.4 is 4.90 Å². The number of hydrogen-bond acceptors (Lipinski definition) is 4. The van der Waals surface area contributed by atoms with Gasteiger partial charge in [0.25, 0.3) is 5.91 Å². The number of rotatable bonds is 6. The van der Waals surface area contributed by atoms with Gasteiger partial charge in [-0.15, -0.1) is 0 Å². The van der Waals surface area contributed by atoms with Crippen LogP contribution in [0.2, 0.25) is 0 Å². The smallest absolute Gasteiger partial charge is 0.259 e. The van der Waals surface area contributed by atoms with E-state index in [1.54, 1.807) is 17.3 Å². The van der Waals surface area contributed by atoms with Gasteiger partial charge in [0, 0.05) is 36.6 Å². The van der Waals surface area contributed by atoms with Crippen molar-refractivity contribution in [3.05, 3.63) is 78.6 Å². The van der Waals surface area contributed by atoms with E-state index in [4.69, 9.17) is 0 Å². The molecule has 2 aromatic heterocycles. The first-order chi connectivity index (χ1) is 12.6. The van der Waals surface area contributed by atoms with Gasteiger partial charge in [-0.25, -0.2) is 4.98 Å². The normalized spacial score (nSPS) is 10.7. The third-order valence-corrected chi connectivity index (χ3v) is 4.02. The Labute approximate surface area is 153 Å². The van der Waals surface area contributed by atoms with E-state index in [-0.39, 0.29) is 5.91 Å². The van der Waals surface area contributed by atoms with Crippen molar-refractivity contribution >= 4 is 11.7 Å². The molecule has 0 aliphatic rings. The number of anilines is 1. The molecule has 5 nitrogen and oxygen atoms in total. The molecule has 0 bridgehead atoms. The molecule has 132 valence electrons. The summed E-state index contributed by atoms with van der Waals surface area (Å²) in [5, 5.41) is 0. The van der Waals surface area contributed by atoms with Crippen molar-refractivity contribution in [1.29, 1.82) is 0 Å². The van der Waals surface area contributed by atoms with E-state index in [1.165, 1.54) is 0 Å². The zero-order chi connectivity index (χ0) is 18.4. The highest BCUT2D eigenvalue weighted by Gasteiger charge is 2.19. The molecule has 0 aliphatic carbocycles. The lowest BCUT2D eigenvalue weighted by molar-refractivity contribution is 0.0984. The molecule has 0 saturated carbocycles. The maximum Gasteiger partial charge on any atom is 0.259 e. The van der Waals surface area contributed by atoms with Crippen molar-refractivity contribution in [1.82, 2.24) is 14.9 Å². The van der Waals surface area contributed by atoms with Crippen molar-refractivity contribution in [2.45, 2.75) is 0 Å². The first kappa shape index (κ1) is 17.8. The number of carbonyl (C=O) groups excluding carboxylic acids is 1. The fourth-order valence-corrected chi connectivity index (χ4v) is 2.59. The number of hydrogen-bond donors (Lipinski definition) is 0. The first-order valence-electron chi connectivity index (χ1n) is 8.54. The fourth-order valence-electron chi connectivity index (χ4n) is 2.59. The van der Waals surface area contributed by atoms with Gasteiger partial charge in [0.05, 0.1) is 5.69 Å². The molecular formula is C21H22N4O. The summed E-state index contributed by atoms with van der Waals surface area (Å²) in [5.41, 5.74) is 2.44. The van der Waals surface area contributed by atoms with E-state index in [0.717, 1.165) is 17.8 Å². The lowest BCUT2D eigenvalue weighted by Gasteiger charge is -2.24. The lowest BCUT2D eigenvalue weighted by Crippen LogP contribution is -2.37. The maximum absolute atomic E-state index is 13.0. The van der Waals surface area contributed by atoms with Gasteiger partial charge in [-0.2, -0.15) is 0 Å². The van der Waals surface area contributed by atoms with Crippen molar-refractivity contribution in [3.8, 4) is 11.3 Å². The Bertz CT molecular complexity index is 833. The first-order valence-corrected chi connectivity index (χ1v) is 8.54. The number of amides is 1. The molecule has 0 radical (unpaired) electrons. The molecule has 0 atom stereocenters. The number of carbonyl (C=O) groups is 1. The van der Waals surface area contributed by atoms with Gasteiger partial charge in [0.1, 0.15) is 5.82 Å². The van der Waals surface area contributed by atoms with Crippen molar-refractivity contribution in [3.63, 3.8) is 0 Å². The van der Waals surface area contributed by atoms with Crippen LogP contribution in [0.25, 0.3) is 11.3 Å². The Hall–Kier alpha value is -3.05. The summed E-state index contributed by atoms with van der Waals surface area (Å²) in [6.07, 6.45) is 3.52. The van der Waals surface area contributed by atoms with E-state index in [0.29, 0.717) is 17.9 Å². The predicted molar refractivity (Wildman–Crippen MR) is 104 cm³/mol. The van der Waals surface area contributed by atoms with Gasteiger partial charge in [0.2, 0.25) is 0 Å². The lowest BCUT2D eigenvalue weighted by atomic mass is 10.1. The Kier molecular flexibility index (Phi) is 5.71. The largest absolute Gasteiger partial charge is 0.308 e. The summed E-state index contributed by atoms with van der Waals surface area (Å²) in [6.45, 7) is 1.32. The van der Waals surface area contributed by atoms with E-state index >= 15 is 0 Å². The Morgan fingerprint density at radius 2 is 1.65 bits per heavy atom. The molecule has 0 aliphatic heterocycles. The van der Waals surface area contributed by atoms with Crippen LogP contribution in [0.4, 0.5) is 5.82 Å². The minimum atomic E-state index is -0.0504. The number of likely N-dealkylation sites (N-methyl/N-ethyl adjacent to an activating group) is 1. The van der Waals surface area contributed by atoms with Crippen LogP contribution in [0.15, 0.2) is 73.1 Å². The SMILES string of the molecule is CN(C)CCN(C(=O)c1ccccc1)c1ccc(-c2ccccn2)cn1. The van der Waals surface area contributed by atoms with Gasteiger partial charge in [-0.3, -0.25) is 14.7 Å². The molecular weight excluding hydrogens is 324 g/mol. The topological polar surface area (TPSA) is 49.3 Å². The summed E-state index contributed by atoms with van der Waals surface area (Å²) < 4.78 is 0. The fraction of sp³-hybridized carbons (Fsp3) is 0.190. The van der Waals surface area contributed by atoms with Crippen LogP contribution in [0.3, 0.4) is 0 Å². The highest BCUT2D eigenvalue weighted by atomic mass is 16.2. The van der Waals surface area contributed by atoms with Crippen LogP contribution in [-0.2, 0) is 0 Å². The maximum atomic E-state index is 13.0. The zero-order valence-corrected chi connectivity index (χ0v) is 15.0. The number of benzene rings is 1. The average Bonchev–Trinajstić information content (AvgIpc) is 2.69. The van der Waals surface area contributed by atoms with Crippen LogP contribution in [0.1, 0.15) is 10.4 Å². The number of nitrogens with zero attached hydrogens (tertiary/aromatic N) is 4. The number of pyridine rings is 2. The summed E-state index contributed by atoms with van der Waals surface area (Å²) in [7, 11) is 3.98. The Balaban J connectivity index is 1.87. The van der Waals surface area contributed by atoms with E-state index in [1.807, 2.05) is 79.7 Å². The molecule has 0 spiro atoms. The zero-order valence-electron chi connectivity index (χ0n) is 15.0. The number of aromatic nitrogens is 2. The van der Waals surface area contributed by atoms with Crippen molar-refractivity contribution < 1.29 is 4.79 Å². The van der Waals surface area contributed by atoms with Gasteiger partial charge >= 0.3 is 0 Å². The summed E-state index contributed by atoms with van der Waals surface area (Å²) in [4.78, 5) is 25.6. The van der Waals surface area contributed by atoms with Gasteiger partial charge < -0.3 is 4.90 Å². The second-order valence-corrected chi connectivity index (χ2v) is 6.25. The third kappa shape index (κ3) is 4.32. The molecule has 0 fully saturated rings. The molecule has 3 aromatic rings. The minimum Gasteiger partial charge on any atom is -0.308 e. The Morgan fingerprint density at radius 3 is 2.27 bits per heavy atom. The monoisotopic (exact) mass is 346 g/mol. The van der Waals surface area contributed by atoms with Gasteiger partial charge in [0.15, 0.2) is 0 Å². The highest BCUT2D eigenvalue weighted by molar-refractivity contribution is 6.05. The molecule has 0 saturated heterocycles. The molecule has 0 N–H and O–H groups in total. The standard InChI is InChI=1S/C21H22N4O/c1-24(2)14-15-25(21(26)17-8-4-3-5-9-17)20-12-11-18(16-23-20)19-10-6-7-13-22-19/h3-13,16H,14-15H2,1-2H3. The summed E-state index contributed by atoms with van der Waals surface area (Å²) in [5.74, 6) is 0.589. The van der Waals surface area contributed by atoms with Crippen LogP contribution >= 0.6 is 0 Å². The van der Waals surface area contributed by atoms with Crippen LogP contribution in [0, 0.1) is 0 Å². The molecule has 3 rings (SSSR count). The summed E-state index contributed by atoms with van der Waals surface area (Å²) >= 11 is 0. The van der Waals surface area contributed by atoms with E-state index in [2.05, 4.69) is 9.97 Å². The molecule has 5 heteroatoms. The second kappa shape index (κ2) is 8.36. The average molecular weight is 346 g/mol. The third-order valence-electron chi connectivity index (χ3n) is 4.02. The predicted octanol–water partition coefficient (Wildman–Crippen LogP) is 3.35.